The van der Waals surface area contributed by atoms with E-state index in [9.17, 15) is 14.7 Å². The third-order valence-electron chi connectivity index (χ3n) is 6.39. The minimum atomic E-state index is -0.0546. The number of rotatable bonds is 8. The highest BCUT2D eigenvalue weighted by atomic mass is 16.3. The zero-order valence-corrected chi connectivity index (χ0v) is 18.8. The molecule has 30 heavy (non-hydrogen) atoms. The lowest BCUT2D eigenvalue weighted by molar-refractivity contribution is 0.0940. The summed E-state index contributed by atoms with van der Waals surface area (Å²) >= 11 is 0. The Morgan fingerprint density at radius 2 is 1.47 bits per heavy atom. The van der Waals surface area contributed by atoms with Gasteiger partial charge in [-0.3, -0.25) is 9.59 Å². The van der Waals surface area contributed by atoms with Crippen molar-refractivity contribution in [2.75, 3.05) is 28.2 Å². The van der Waals surface area contributed by atoms with Gasteiger partial charge in [0.05, 0.1) is 5.56 Å². The van der Waals surface area contributed by atoms with Crippen LogP contribution in [-0.4, -0.2) is 66.7 Å². The number of aromatic hydroxyl groups is 1. The molecule has 0 saturated heterocycles. The van der Waals surface area contributed by atoms with Crippen LogP contribution in [0.4, 0.5) is 0 Å². The van der Waals surface area contributed by atoms with E-state index in [1.807, 2.05) is 76.1 Å². The quantitative estimate of drug-likeness (QED) is 0.571. The first kappa shape index (κ1) is 22.2. The molecule has 0 aromatic heterocycles. The van der Waals surface area contributed by atoms with Gasteiger partial charge in [-0.15, -0.1) is 0 Å². The first-order chi connectivity index (χ1) is 14.1. The van der Waals surface area contributed by atoms with Gasteiger partial charge >= 0.3 is 0 Å². The summed E-state index contributed by atoms with van der Waals surface area (Å²) in [6.07, 6.45) is 1.35. The van der Waals surface area contributed by atoms with Crippen molar-refractivity contribution in [1.29, 1.82) is 0 Å². The van der Waals surface area contributed by atoms with Gasteiger partial charge in [0.1, 0.15) is 5.75 Å². The van der Waals surface area contributed by atoms with Crippen molar-refractivity contribution in [3.05, 3.63) is 52.6 Å². The van der Waals surface area contributed by atoms with Crippen molar-refractivity contribution in [2.24, 2.45) is 0 Å². The van der Waals surface area contributed by atoms with Crippen LogP contribution in [0.25, 0.3) is 11.1 Å². The highest BCUT2D eigenvalue weighted by Crippen LogP contribution is 2.43. The van der Waals surface area contributed by atoms with E-state index in [1.54, 1.807) is 6.07 Å². The molecule has 0 bridgehead atoms. The second-order valence-corrected chi connectivity index (χ2v) is 8.92. The van der Waals surface area contributed by atoms with E-state index >= 15 is 0 Å². The van der Waals surface area contributed by atoms with Crippen LogP contribution >= 0.6 is 0 Å². The number of hydrogen-bond donors (Lipinski definition) is 1. The van der Waals surface area contributed by atoms with Gasteiger partial charge in [0, 0.05) is 42.5 Å². The molecule has 160 valence electrons. The predicted molar refractivity (Wildman–Crippen MR) is 121 cm³/mol. The molecule has 5 nitrogen and oxygen atoms in total. The van der Waals surface area contributed by atoms with Crippen LogP contribution < -0.4 is 0 Å². The number of phenols is 1. The molecular weight excluding hydrogens is 376 g/mol. The second kappa shape index (κ2) is 8.70. The lowest BCUT2D eigenvalue weighted by Crippen LogP contribution is -2.27. The van der Waals surface area contributed by atoms with E-state index in [1.165, 1.54) is 0 Å². The average Bonchev–Trinajstić information content (AvgIpc) is 3.06. The van der Waals surface area contributed by atoms with Gasteiger partial charge in [-0.2, -0.15) is 0 Å². The average molecular weight is 409 g/mol. The molecule has 5 heteroatoms. The van der Waals surface area contributed by atoms with Gasteiger partial charge in [0.25, 0.3) is 0 Å². The first-order valence-electron chi connectivity index (χ1n) is 10.5. The van der Waals surface area contributed by atoms with E-state index in [-0.39, 0.29) is 29.4 Å². The minimum Gasteiger partial charge on any atom is -0.507 e. The first-order valence-corrected chi connectivity index (χ1v) is 10.5. The van der Waals surface area contributed by atoms with Gasteiger partial charge in [-0.05, 0) is 70.9 Å². The third-order valence-corrected chi connectivity index (χ3v) is 6.39. The van der Waals surface area contributed by atoms with Gasteiger partial charge in [-0.1, -0.05) is 18.2 Å². The summed E-state index contributed by atoms with van der Waals surface area (Å²) in [6, 6.07) is 9.69. The molecule has 2 atom stereocenters. The molecule has 2 unspecified atom stereocenters. The molecular formula is C25H32N2O3. The maximum absolute atomic E-state index is 12.7. The summed E-state index contributed by atoms with van der Waals surface area (Å²) in [5, 5.41) is 10.9. The van der Waals surface area contributed by atoms with Crippen LogP contribution in [0, 0.1) is 0 Å². The van der Waals surface area contributed by atoms with Crippen molar-refractivity contribution in [3.8, 4) is 16.9 Å². The summed E-state index contributed by atoms with van der Waals surface area (Å²) in [5.41, 5.74) is 4.85. The highest BCUT2D eigenvalue weighted by Gasteiger charge is 2.26. The van der Waals surface area contributed by atoms with Gasteiger partial charge < -0.3 is 14.9 Å². The van der Waals surface area contributed by atoms with Crippen LogP contribution in [0.3, 0.4) is 0 Å². The van der Waals surface area contributed by atoms with Gasteiger partial charge in [-0.25, -0.2) is 0 Å². The van der Waals surface area contributed by atoms with Crippen LogP contribution in [-0.2, 0) is 6.42 Å². The summed E-state index contributed by atoms with van der Waals surface area (Å²) in [5.74, 6) is 0.141. The molecule has 0 aliphatic heterocycles. The van der Waals surface area contributed by atoms with Crippen LogP contribution in [0.1, 0.15) is 58.5 Å². The Morgan fingerprint density at radius 1 is 0.900 bits per heavy atom. The SMILES string of the molecule is CC(CC(=O)c1ccc2c(c1)Cc1c-2ccc(C(=O)CC(C)N(C)C)c1O)N(C)C. The normalized spacial score (nSPS) is 14.5. The van der Waals surface area contributed by atoms with Crippen LogP contribution in [0.2, 0.25) is 0 Å². The molecule has 1 aliphatic carbocycles. The molecule has 1 aliphatic rings. The third kappa shape index (κ3) is 4.32. The Kier molecular flexibility index (Phi) is 6.44. The Labute approximate surface area is 179 Å². The second-order valence-electron chi connectivity index (χ2n) is 8.92. The molecule has 2 aromatic carbocycles. The number of ketones is 2. The van der Waals surface area contributed by atoms with Crippen LogP contribution in [0.15, 0.2) is 30.3 Å². The topological polar surface area (TPSA) is 60.9 Å². The number of carbonyl (C=O) groups is 2. The smallest absolute Gasteiger partial charge is 0.168 e. The van der Waals surface area contributed by atoms with Crippen molar-refractivity contribution in [2.45, 2.75) is 45.2 Å². The Bertz CT molecular complexity index is 979. The Hall–Kier alpha value is -2.50. The van der Waals surface area contributed by atoms with E-state index in [0.717, 1.165) is 22.3 Å². The molecule has 0 fully saturated rings. The number of Topliss-reactive ketones (excluding diaryl/α,β-unsaturated/α-hetero) is 2. The highest BCUT2D eigenvalue weighted by molar-refractivity contribution is 6.01. The summed E-state index contributed by atoms with van der Waals surface area (Å²) in [4.78, 5) is 29.4. The van der Waals surface area contributed by atoms with Crippen molar-refractivity contribution in [3.63, 3.8) is 0 Å². The van der Waals surface area contributed by atoms with E-state index < -0.39 is 0 Å². The predicted octanol–water partition coefficient (Wildman–Crippen LogP) is 4.01. The summed E-state index contributed by atoms with van der Waals surface area (Å²) in [7, 11) is 7.82. The monoisotopic (exact) mass is 408 g/mol. The largest absolute Gasteiger partial charge is 0.507 e. The van der Waals surface area contributed by atoms with Gasteiger partial charge in [0.15, 0.2) is 11.6 Å². The Morgan fingerprint density at radius 3 is 2.07 bits per heavy atom. The van der Waals surface area contributed by atoms with Crippen molar-refractivity contribution < 1.29 is 14.7 Å². The summed E-state index contributed by atoms with van der Waals surface area (Å²) < 4.78 is 0. The maximum atomic E-state index is 12.7. The van der Waals surface area contributed by atoms with E-state index in [4.69, 9.17) is 0 Å². The number of phenolic OH excluding ortho intramolecular Hbond substituents is 1. The molecule has 0 radical (unpaired) electrons. The number of fused-ring (bicyclic) bond motifs is 3. The fraction of sp³-hybridized carbons (Fsp3) is 0.440. The molecule has 0 heterocycles. The number of nitrogens with zero attached hydrogens (tertiary/aromatic N) is 2. The fourth-order valence-corrected chi connectivity index (χ4v) is 3.79. The van der Waals surface area contributed by atoms with Crippen molar-refractivity contribution >= 4 is 11.6 Å². The van der Waals surface area contributed by atoms with E-state index in [0.29, 0.717) is 30.4 Å². The van der Waals surface area contributed by atoms with Crippen LogP contribution in [0.5, 0.6) is 5.75 Å². The van der Waals surface area contributed by atoms with Crippen molar-refractivity contribution in [1.82, 2.24) is 9.80 Å². The minimum absolute atomic E-state index is 0.0546. The zero-order chi connectivity index (χ0) is 22.2. The number of benzene rings is 2. The lowest BCUT2D eigenvalue weighted by atomic mass is 9.96. The molecule has 0 saturated carbocycles. The summed E-state index contributed by atoms with van der Waals surface area (Å²) in [6.45, 7) is 4.03. The number of carbonyl (C=O) groups excluding carboxylic acids is 2. The molecule has 1 N–H and O–H groups in total. The fourth-order valence-electron chi connectivity index (χ4n) is 3.79. The van der Waals surface area contributed by atoms with E-state index in [2.05, 4.69) is 0 Å². The number of hydrogen-bond acceptors (Lipinski definition) is 5. The molecule has 3 rings (SSSR count). The lowest BCUT2D eigenvalue weighted by Gasteiger charge is -2.19. The standard InChI is InChI=1S/C25H32N2O3/c1-15(26(3)4)11-23(28)17-7-8-19-18(13-17)14-22-20(19)9-10-21(25(22)30)24(29)12-16(2)27(5)6/h7-10,13,15-16,30H,11-12,14H2,1-6H3. The maximum Gasteiger partial charge on any atom is 0.168 e. The molecule has 2 aromatic rings. The zero-order valence-electron chi connectivity index (χ0n) is 18.8. The molecule has 0 spiro atoms. The van der Waals surface area contributed by atoms with Gasteiger partial charge in [0.2, 0.25) is 0 Å². The molecule has 0 amide bonds. The Balaban J connectivity index is 1.85.